The van der Waals surface area contributed by atoms with Crippen molar-refractivity contribution in [3.8, 4) is 0 Å². The number of likely N-dealkylation sites (N-methyl/N-ethyl adjacent to an activating group) is 1. The molecule has 0 aromatic carbocycles. The van der Waals surface area contributed by atoms with Gasteiger partial charge in [0.25, 0.3) is 0 Å². The molecule has 7 heteroatoms. The molecule has 1 unspecified atom stereocenters. The summed E-state index contributed by atoms with van der Waals surface area (Å²) in [4.78, 5) is 25.4. The van der Waals surface area contributed by atoms with Gasteiger partial charge in [-0.1, -0.05) is 0 Å². The zero-order valence-electron chi connectivity index (χ0n) is 11.4. The van der Waals surface area contributed by atoms with Gasteiger partial charge >= 0.3 is 0 Å². The van der Waals surface area contributed by atoms with Crippen molar-refractivity contribution in [2.75, 3.05) is 13.6 Å². The van der Waals surface area contributed by atoms with Gasteiger partial charge < -0.3 is 10.2 Å². The molecule has 0 radical (unpaired) electrons. The van der Waals surface area contributed by atoms with E-state index < -0.39 is 0 Å². The minimum Gasteiger partial charge on any atom is -0.335 e. The van der Waals surface area contributed by atoms with E-state index in [0.717, 1.165) is 26.9 Å². The zero-order chi connectivity index (χ0) is 14.1. The minimum atomic E-state index is -0.269. The molecule has 106 valence electrons. The summed E-state index contributed by atoms with van der Waals surface area (Å²) in [6.07, 6.45) is 2.68. The molecule has 3 heterocycles. The van der Waals surface area contributed by atoms with E-state index >= 15 is 0 Å². The first-order chi connectivity index (χ1) is 9.69. The Morgan fingerprint density at radius 1 is 1.50 bits per heavy atom. The van der Waals surface area contributed by atoms with Gasteiger partial charge in [0.05, 0.1) is 27.6 Å². The third-order valence-electron chi connectivity index (χ3n) is 3.42. The van der Waals surface area contributed by atoms with Gasteiger partial charge in [-0.2, -0.15) is 0 Å². The largest absolute Gasteiger partial charge is 0.335 e. The van der Waals surface area contributed by atoms with Crippen LogP contribution in [-0.4, -0.2) is 34.4 Å². The Morgan fingerprint density at radius 2 is 2.35 bits per heavy atom. The quantitative estimate of drug-likeness (QED) is 0.938. The van der Waals surface area contributed by atoms with Gasteiger partial charge in [-0.05, 0) is 14.0 Å². The number of hydrogen-bond donors (Lipinski definition) is 1. The van der Waals surface area contributed by atoms with Gasteiger partial charge in [0.2, 0.25) is 5.91 Å². The predicted molar refractivity (Wildman–Crippen MR) is 79.9 cm³/mol. The molecule has 0 saturated carbocycles. The number of amides is 1. The summed E-state index contributed by atoms with van der Waals surface area (Å²) in [6.45, 7) is 3.33. The Balaban J connectivity index is 1.84. The first-order valence-corrected chi connectivity index (χ1v) is 8.18. The number of carbonyl (C=O) groups excluding carboxylic acids is 1. The zero-order valence-corrected chi connectivity index (χ0v) is 13.1. The number of aromatic nitrogens is 2. The molecular weight excluding hydrogens is 292 g/mol. The maximum atomic E-state index is 12.7. The Morgan fingerprint density at radius 3 is 3.05 bits per heavy atom. The molecule has 1 N–H and O–H groups in total. The molecule has 0 spiro atoms. The second-order valence-corrected chi connectivity index (χ2v) is 6.95. The number of thiazole rings is 2. The van der Waals surface area contributed by atoms with Gasteiger partial charge in [0.15, 0.2) is 0 Å². The van der Waals surface area contributed by atoms with Crippen LogP contribution in [0.15, 0.2) is 11.7 Å². The van der Waals surface area contributed by atoms with Crippen LogP contribution in [0.1, 0.15) is 26.5 Å². The normalized spacial score (nSPS) is 19.0. The summed E-state index contributed by atoms with van der Waals surface area (Å²) in [5.41, 5.74) is 2.87. The van der Waals surface area contributed by atoms with E-state index in [2.05, 4.69) is 15.3 Å². The van der Waals surface area contributed by atoms with Crippen LogP contribution in [-0.2, 0) is 17.8 Å². The van der Waals surface area contributed by atoms with Crippen LogP contribution in [0.3, 0.4) is 0 Å². The molecule has 1 atom stereocenters. The van der Waals surface area contributed by atoms with E-state index in [4.69, 9.17) is 0 Å². The van der Waals surface area contributed by atoms with E-state index in [1.54, 1.807) is 22.7 Å². The van der Waals surface area contributed by atoms with Gasteiger partial charge in [-0.3, -0.25) is 4.79 Å². The second-order valence-electron chi connectivity index (χ2n) is 4.74. The Kier molecular flexibility index (Phi) is 3.82. The molecule has 0 bridgehead atoms. The lowest BCUT2D eigenvalue weighted by Crippen LogP contribution is -2.38. The fourth-order valence-corrected chi connectivity index (χ4v) is 4.17. The fourth-order valence-electron chi connectivity index (χ4n) is 2.42. The van der Waals surface area contributed by atoms with Crippen LogP contribution in [0.25, 0.3) is 0 Å². The highest BCUT2D eigenvalue weighted by Gasteiger charge is 2.31. The monoisotopic (exact) mass is 308 g/mol. The molecule has 2 aromatic rings. The Labute approximate surface area is 125 Å². The predicted octanol–water partition coefficient (Wildman–Crippen LogP) is 1.75. The topological polar surface area (TPSA) is 58.1 Å². The SMILES string of the molecule is CNC1C(=O)N(Cc2cnc(C)s2)CCc2ncsc21. The van der Waals surface area contributed by atoms with E-state index in [0.29, 0.717) is 13.1 Å². The van der Waals surface area contributed by atoms with E-state index in [1.165, 1.54) is 0 Å². The van der Waals surface area contributed by atoms with Crippen molar-refractivity contribution in [2.45, 2.75) is 25.9 Å². The lowest BCUT2D eigenvalue weighted by atomic mass is 10.2. The molecule has 0 saturated heterocycles. The Bertz CT molecular complexity index is 621. The van der Waals surface area contributed by atoms with Crippen molar-refractivity contribution in [1.82, 2.24) is 20.2 Å². The second kappa shape index (κ2) is 5.59. The highest BCUT2D eigenvalue weighted by atomic mass is 32.1. The lowest BCUT2D eigenvalue weighted by molar-refractivity contribution is -0.133. The maximum Gasteiger partial charge on any atom is 0.245 e. The minimum absolute atomic E-state index is 0.126. The van der Waals surface area contributed by atoms with Crippen LogP contribution in [0.4, 0.5) is 0 Å². The molecule has 3 rings (SSSR count). The first-order valence-electron chi connectivity index (χ1n) is 6.48. The van der Waals surface area contributed by atoms with Crippen molar-refractivity contribution in [3.05, 3.63) is 32.2 Å². The molecule has 1 aliphatic heterocycles. The number of rotatable bonds is 3. The van der Waals surface area contributed by atoms with Crippen LogP contribution in [0.5, 0.6) is 0 Å². The van der Waals surface area contributed by atoms with Crippen molar-refractivity contribution in [2.24, 2.45) is 0 Å². The summed E-state index contributed by atoms with van der Waals surface area (Å²) in [7, 11) is 1.83. The van der Waals surface area contributed by atoms with Crippen LogP contribution in [0, 0.1) is 6.92 Å². The van der Waals surface area contributed by atoms with Crippen molar-refractivity contribution < 1.29 is 4.79 Å². The number of nitrogens with zero attached hydrogens (tertiary/aromatic N) is 3. The molecule has 5 nitrogen and oxygen atoms in total. The molecule has 1 aliphatic rings. The number of aryl methyl sites for hydroxylation is 1. The van der Waals surface area contributed by atoms with Crippen molar-refractivity contribution in [1.29, 1.82) is 0 Å². The lowest BCUT2D eigenvalue weighted by Gasteiger charge is -2.23. The fraction of sp³-hybridized carbons (Fsp3) is 0.462. The van der Waals surface area contributed by atoms with Gasteiger partial charge in [-0.15, -0.1) is 22.7 Å². The molecular formula is C13H16N4OS2. The average molecular weight is 308 g/mol. The van der Waals surface area contributed by atoms with Gasteiger partial charge in [0, 0.05) is 24.0 Å². The highest BCUT2D eigenvalue weighted by molar-refractivity contribution is 7.11. The van der Waals surface area contributed by atoms with Crippen molar-refractivity contribution in [3.63, 3.8) is 0 Å². The number of carbonyl (C=O) groups is 1. The van der Waals surface area contributed by atoms with Crippen LogP contribution in [0.2, 0.25) is 0 Å². The maximum absolute atomic E-state index is 12.7. The summed E-state index contributed by atoms with van der Waals surface area (Å²) < 4.78 is 0. The molecule has 0 aliphatic carbocycles. The molecule has 20 heavy (non-hydrogen) atoms. The average Bonchev–Trinajstić information content (AvgIpc) is 3.02. The highest BCUT2D eigenvalue weighted by Crippen LogP contribution is 2.28. The number of hydrogen-bond acceptors (Lipinski definition) is 6. The summed E-state index contributed by atoms with van der Waals surface area (Å²) >= 11 is 3.20. The van der Waals surface area contributed by atoms with E-state index in [1.807, 2.05) is 30.6 Å². The van der Waals surface area contributed by atoms with Gasteiger partial charge in [-0.25, -0.2) is 9.97 Å². The van der Waals surface area contributed by atoms with E-state index in [-0.39, 0.29) is 11.9 Å². The van der Waals surface area contributed by atoms with Crippen LogP contribution >= 0.6 is 22.7 Å². The standard InChI is InChI=1S/C13H16N4OS2/c1-8-15-5-9(20-8)6-17-4-3-10-12(19-7-16-10)11(14-2)13(17)18/h5,7,11,14H,3-4,6H2,1-2H3. The summed E-state index contributed by atoms with van der Waals surface area (Å²) in [5.74, 6) is 0.126. The third-order valence-corrected chi connectivity index (χ3v) is 5.25. The third kappa shape index (κ3) is 2.48. The van der Waals surface area contributed by atoms with Crippen molar-refractivity contribution >= 4 is 28.6 Å². The molecule has 2 aromatic heterocycles. The Hall–Kier alpha value is -1.31. The number of nitrogens with one attached hydrogen (secondary N) is 1. The summed E-state index contributed by atoms with van der Waals surface area (Å²) in [5, 5.41) is 4.16. The smallest absolute Gasteiger partial charge is 0.245 e. The summed E-state index contributed by atoms with van der Waals surface area (Å²) in [6, 6.07) is -0.269. The van der Waals surface area contributed by atoms with Crippen LogP contribution < -0.4 is 5.32 Å². The first kappa shape index (κ1) is 13.7. The molecule has 0 fully saturated rings. The van der Waals surface area contributed by atoms with Gasteiger partial charge in [0.1, 0.15) is 6.04 Å². The number of fused-ring (bicyclic) bond motifs is 1. The molecule has 1 amide bonds. The van der Waals surface area contributed by atoms with E-state index in [9.17, 15) is 4.79 Å².